The van der Waals surface area contributed by atoms with E-state index >= 15 is 0 Å². The van der Waals surface area contributed by atoms with Gasteiger partial charge in [0.15, 0.2) is 5.96 Å². The highest BCUT2D eigenvalue weighted by Gasteiger charge is 2.27. The van der Waals surface area contributed by atoms with Gasteiger partial charge in [-0.05, 0) is 31.4 Å². The van der Waals surface area contributed by atoms with Gasteiger partial charge in [0.1, 0.15) is 5.82 Å². The lowest BCUT2D eigenvalue weighted by Crippen LogP contribution is -2.45. The highest BCUT2D eigenvalue weighted by Crippen LogP contribution is 2.12. The molecule has 3 N–H and O–H groups in total. The SMILES string of the molecule is CN=C(NCCCCNc1ccccn1)NC1CCN(C(=O)C(C)C)C1. The first kappa shape index (κ1) is 20.0. The minimum atomic E-state index is 0.0610. The molecule has 2 heterocycles. The summed E-state index contributed by atoms with van der Waals surface area (Å²) in [6, 6.07) is 6.13. The van der Waals surface area contributed by atoms with E-state index < -0.39 is 0 Å². The van der Waals surface area contributed by atoms with Crippen LogP contribution in [-0.4, -0.2) is 61.0 Å². The number of aromatic nitrogens is 1. The normalized spacial score (nSPS) is 17.5. The van der Waals surface area contributed by atoms with E-state index in [0.29, 0.717) is 0 Å². The average molecular weight is 361 g/mol. The Bertz CT molecular complexity index is 575. The van der Waals surface area contributed by atoms with Crippen molar-refractivity contribution in [3.8, 4) is 0 Å². The molecular formula is C19H32N6O. The van der Waals surface area contributed by atoms with Gasteiger partial charge >= 0.3 is 0 Å². The second kappa shape index (κ2) is 10.6. The number of carbonyl (C=O) groups is 1. The summed E-state index contributed by atoms with van der Waals surface area (Å²) in [5, 5.41) is 10.1. The number of rotatable bonds is 8. The molecule has 1 amide bonds. The molecule has 26 heavy (non-hydrogen) atoms. The number of hydrogen-bond donors (Lipinski definition) is 3. The van der Waals surface area contributed by atoms with Crippen LogP contribution >= 0.6 is 0 Å². The van der Waals surface area contributed by atoms with E-state index in [1.165, 1.54) is 0 Å². The van der Waals surface area contributed by atoms with Crippen LogP contribution in [0.15, 0.2) is 29.4 Å². The molecule has 1 aliphatic rings. The Balaban J connectivity index is 1.59. The summed E-state index contributed by atoms with van der Waals surface area (Å²) in [6.07, 6.45) is 4.86. The molecule has 0 aromatic carbocycles. The van der Waals surface area contributed by atoms with E-state index in [1.54, 1.807) is 13.2 Å². The quantitative estimate of drug-likeness (QED) is 0.373. The monoisotopic (exact) mass is 360 g/mol. The molecule has 7 nitrogen and oxygen atoms in total. The van der Waals surface area contributed by atoms with Crippen LogP contribution in [0.4, 0.5) is 5.82 Å². The van der Waals surface area contributed by atoms with Crippen molar-refractivity contribution >= 4 is 17.7 Å². The molecule has 1 aromatic heterocycles. The van der Waals surface area contributed by atoms with Crippen LogP contribution in [0.5, 0.6) is 0 Å². The fourth-order valence-corrected chi connectivity index (χ4v) is 2.97. The maximum Gasteiger partial charge on any atom is 0.225 e. The number of anilines is 1. The first-order valence-corrected chi connectivity index (χ1v) is 9.51. The lowest BCUT2D eigenvalue weighted by atomic mass is 10.2. The van der Waals surface area contributed by atoms with Crippen LogP contribution in [0.1, 0.15) is 33.1 Å². The fourth-order valence-electron chi connectivity index (χ4n) is 2.97. The van der Waals surface area contributed by atoms with Crippen molar-refractivity contribution in [2.75, 3.05) is 38.5 Å². The summed E-state index contributed by atoms with van der Waals surface area (Å²) in [5.41, 5.74) is 0. The Morgan fingerprint density at radius 2 is 2.15 bits per heavy atom. The van der Waals surface area contributed by atoms with Crippen molar-refractivity contribution in [1.29, 1.82) is 0 Å². The minimum Gasteiger partial charge on any atom is -0.370 e. The van der Waals surface area contributed by atoms with Crippen LogP contribution in [0, 0.1) is 5.92 Å². The lowest BCUT2D eigenvalue weighted by Gasteiger charge is -2.20. The topological polar surface area (TPSA) is 81.7 Å². The van der Waals surface area contributed by atoms with E-state index in [2.05, 4.69) is 25.9 Å². The maximum atomic E-state index is 12.1. The zero-order valence-corrected chi connectivity index (χ0v) is 16.2. The molecule has 0 radical (unpaired) electrons. The van der Waals surface area contributed by atoms with Crippen LogP contribution in [0.2, 0.25) is 0 Å². The van der Waals surface area contributed by atoms with Gasteiger partial charge in [-0.1, -0.05) is 19.9 Å². The Kier molecular flexibility index (Phi) is 8.18. The first-order valence-electron chi connectivity index (χ1n) is 9.51. The number of nitrogens with zero attached hydrogens (tertiary/aromatic N) is 3. The summed E-state index contributed by atoms with van der Waals surface area (Å²) in [7, 11) is 1.78. The molecule has 0 spiro atoms. The second-order valence-corrected chi connectivity index (χ2v) is 6.92. The predicted octanol–water partition coefficient (Wildman–Crippen LogP) is 1.70. The van der Waals surface area contributed by atoms with Crippen molar-refractivity contribution in [2.24, 2.45) is 10.9 Å². The van der Waals surface area contributed by atoms with Crippen molar-refractivity contribution in [1.82, 2.24) is 20.5 Å². The second-order valence-electron chi connectivity index (χ2n) is 6.92. The third-order valence-corrected chi connectivity index (χ3v) is 4.43. The molecule has 1 fully saturated rings. The van der Waals surface area contributed by atoms with Gasteiger partial charge < -0.3 is 20.9 Å². The summed E-state index contributed by atoms with van der Waals surface area (Å²) < 4.78 is 0. The molecule has 1 aromatic rings. The third-order valence-electron chi connectivity index (χ3n) is 4.43. The highest BCUT2D eigenvalue weighted by molar-refractivity contribution is 5.81. The number of amides is 1. The molecule has 0 bridgehead atoms. The number of unbranched alkanes of at least 4 members (excludes halogenated alkanes) is 1. The summed E-state index contributed by atoms with van der Waals surface area (Å²) in [5.74, 6) is 2.02. The standard InChI is InChI=1S/C19H32N6O/c1-15(2)18(26)25-13-9-16(14-25)24-19(20-3)23-12-7-6-11-22-17-8-4-5-10-21-17/h4-5,8,10,15-16H,6-7,9,11-14H2,1-3H3,(H,21,22)(H2,20,23,24). The molecule has 1 atom stereocenters. The number of hydrogen-bond acceptors (Lipinski definition) is 4. The largest absolute Gasteiger partial charge is 0.370 e. The zero-order valence-electron chi connectivity index (χ0n) is 16.2. The van der Waals surface area contributed by atoms with E-state index in [-0.39, 0.29) is 17.9 Å². The van der Waals surface area contributed by atoms with Crippen molar-refractivity contribution < 1.29 is 4.79 Å². The van der Waals surface area contributed by atoms with Gasteiger partial charge in [0.2, 0.25) is 5.91 Å². The van der Waals surface area contributed by atoms with Crippen molar-refractivity contribution in [2.45, 2.75) is 39.2 Å². The van der Waals surface area contributed by atoms with Gasteiger partial charge in [-0.2, -0.15) is 0 Å². The molecular weight excluding hydrogens is 328 g/mol. The van der Waals surface area contributed by atoms with Gasteiger partial charge in [-0.3, -0.25) is 9.79 Å². The Labute approximate surface area is 156 Å². The van der Waals surface area contributed by atoms with Crippen LogP contribution in [0.3, 0.4) is 0 Å². The Hall–Kier alpha value is -2.31. The lowest BCUT2D eigenvalue weighted by molar-refractivity contribution is -0.133. The van der Waals surface area contributed by atoms with E-state index in [0.717, 1.165) is 57.2 Å². The maximum absolute atomic E-state index is 12.1. The molecule has 1 unspecified atom stereocenters. The number of pyridine rings is 1. The molecule has 0 saturated carbocycles. The number of likely N-dealkylation sites (tertiary alicyclic amines) is 1. The van der Waals surface area contributed by atoms with Gasteiger partial charge in [-0.15, -0.1) is 0 Å². The van der Waals surface area contributed by atoms with Gasteiger partial charge in [0, 0.05) is 51.4 Å². The van der Waals surface area contributed by atoms with Crippen LogP contribution < -0.4 is 16.0 Å². The third kappa shape index (κ3) is 6.54. The van der Waals surface area contributed by atoms with E-state index in [1.807, 2.05) is 36.9 Å². The number of nitrogens with one attached hydrogen (secondary N) is 3. The van der Waals surface area contributed by atoms with Crippen molar-refractivity contribution in [3.05, 3.63) is 24.4 Å². The zero-order chi connectivity index (χ0) is 18.8. The Morgan fingerprint density at radius 3 is 2.85 bits per heavy atom. The van der Waals surface area contributed by atoms with Gasteiger partial charge in [-0.25, -0.2) is 4.98 Å². The molecule has 2 rings (SSSR count). The van der Waals surface area contributed by atoms with Gasteiger partial charge in [0.05, 0.1) is 0 Å². The van der Waals surface area contributed by atoms with Crippen LogP contribution in [-0.2, 0) is 4.79 Å². The molecule has 1 aliphatic heterocycles. The smallest absolute Gasteiger partial charge is 0.225 e. The summed E-state index contributed by atoms with van der Waals surface area (Å²) in [4.78, 5) is 22.5. The fraction of sp³-hybridized carbons (Fsp3) is 0.632. The first-order chi connectivity index (χ1) is 12.6. The van der Waals surface area contributed by atoms with Crippen molar-refractivity contribution in [3.63, 3.8) is 0 Å². The van der Waals surface area contributed by atoms with Crippen LogP contribution in [0.25, 0.3) is 0 Å². The van der Waals surface area contributed by atoms with Gasteiger partial charge in [0.25, 0.3) is 0 Å². The molecule has 1 saturated heterocycles. The minimum absolute atomic E-state index is 0.0610. The Morgan fingerprint density at radius 1 is 1.35 bits per heavy atom. The number of carbonyl (C=O) groups excluding carboxylic acids is 1. The summed E-state index contributed by atoms with van der Waals surface area (Å²) >= 11 is 0. The molecule has 7 heteroatoms. The average Bonchev–Trinajstić information content (AvgIpc) is 3.12. The number of aliphatic imine (C=N–C) groups is 1. The summed E-state index contributed by atoms with van der Waals surface area (Å²) in [6.45, 7) is 7.25. The molecule has 0 aliphatic carbocycles. The number of guanidine groups is 1. The predicted molar refractivity (Wildman–Crippen MR) is 106 cm³/mol. The molecule has 144 valence electrons. The van der Waals surface area contributed by atoms with E-state index in [4.69, 9.17) is 0 Å². The highest BCUT2D eigenvalue weighted by atomic mass is 16.2. The van der Waals surface area contributed by atoms with E-state index in [9.17, 15) is 4.79 Å².